The van der Waals surface area contributed by atoms with Crippen molar-refractivity contribution >= 4 is 13.2 Å². The fourth-order valence-electron chi connectivity index (χ4n) is 3.41. The highest BCUT2D eigenvalue weighted by molar-refractivity contribution is 7.67. The first kappa shape index (κ1) is 20.4. The molecule has 3 aromatic rings. The predicted octanol–water partition coefficient (Wildman–Crippen LogP) is 6.57. The van der Waals surface area contributed by atoms with Gasteiger partial charge in [0.05, 0.1) is 14.2 Å². The molecule has 2 nitrogen and oxygen atoms in total. The third kappa shape index (κ3) is 3.93. The summed E-state index contributed by atoms with van der Waals surface area (Å²) < 4.78 is 11.4. The first-order valence-corrected chi connectivity index (χ1v) is 11.3. The summed E-state index contributed by atoms with van der Waals surface area (Å²) in [6.45, 7) is 9.35. The summed E-state index contributed by atoms with van der Waals surface area (Å²) in [5.41, 5.74) is 4.75. The van der Waals surface area contributed by atoms with Crippen LogP contribution in [-0.4, -0.2) is 26.0 Å². The van der Waals surface area contributed by atoms with Crippen molar-refractivity contribution in [2.45, 2.75) is 25.9 Å². The number of rotatable bonds is 5. The van der Waals surface area contributed by atoms with E-state index in [0.717, 1.165) is 22.6 Å². The molecule has 0 aliphatic carbocycles. The molecule has 28 heavy (non-hydrogen) atoms. The van der Waals surface area contributed by atoms with Gasteiger partial charge in [-0.05, 0) is 40.4 Å². The molecule has 0 saturated carbocycles. The number of hydrogen-bond acceptors (Lipinski definition) is 2. The van der Waals surface area contributed by atoms with Gasteiger partial charge in [-0.2, -0.15) is 0 Å². The van der Waals surface area contributed by atoms with Crippen LogP contribution in [0.2, 0.25) is 0 Å². The lowest BCUT2D eigenvalue weighted by molar-refractivity contribution is 0.416. The molecule has 0 amide bonds. The normalized spacial score (nSPS) is 12.5. The third-order valence-electron chi connectivity index (χ3n) is 5.17. The van der Waals surface area contributed by atoms with Crippen LogP contribution >= 0.6 is 7.92 Å². The molecule has 1 unspecified atom stereocenters. The number of ether oxygens (including phenoxy) is 2. The zero-order valence-electron chi connectivity index (χ0n) is 17.6. The lowest BCUT2D eigenvalue weighted by Crippen LogP contribution is -2.22. The molecule has 3 aromatic carbocycles. The van der Waals surface area contributed by atoms with Gasteiger partial charge >= 0.3 is 0 Å². The molecule has 3 heteroatoms. The molecular formula is C25H29O2P. The van der Waals surface area contributed by atoms with Crippen molar-refractivity contribution < 1.29 is 9.47 Å². The van der Waals surface area contributed by atoms with Crippen molar-refractivity contribution in [2.24, 2.45) is 0 Å². The molecule has 0 bridgehead atoms. The smallest absolute Gasteiger partial charge is 0.126 e. The van der Waals surface area contributed by atoms with Gasteiger partial charge in [-0.1, -0.05) is 83.3 Å². The van der Waals surface area contributed by atoms with Gasteiger partial charge in [-0.3, -0.25) is 0 Å². The van der Waals surface area contributed by atoms with Crippen molar-refractivity contribution in [3.8, 4) is 33.8 Å². The lowest BCUT2D eigenvalue weighted by atomic mass is 9.97. The highest BCUT2D eigenvalue weighted by Crippen LogP contribution is 2.50. The van der Waals surface area contributed by atoms with E-state index >= 15 is 0 Å². The summed E-state index contributed by atoms with van der Waals surface area (Å²) in [5, 5.41) is 1.56. The second-order valence-corrected chi connectivity index (χ2v) is 10.7. The summed E-state index contributed by atoms with van der Waals surface area (Å²) >= 11 is 0. The third-order valence-corrected chi connectivity index (χ3v) is 8.34. The van der Waals surface area contributed by atoms with Crippen molar-refractivity contribution in [1.29, 1.82) is 0 Å². The average Bonchev–Trinajstić information content (AvgIpc) is 2.71. The summed E-state index contributed by atoms with van der Waals surface area (Å²) in [4.78, 5) is 0. The fourth-order valence-corrected chi connectivity index (χ4v) is 5.19. The largest absolute Gasteiger partial charge is 0.496 e. The summed E-state index contributed by atoms with van der Waals surface area (Å²) in [6.07, 6.45) is 0. The van der Waals surface area contributed by atoms with Gasteiger partial charge in [0, 0.05) is 11.1 Å². The maximum absolute atomic E-state index is 5.69. The first-order valence-electron chi connectivity index (χ1n) is 9.52. The highest BCUT2D eigenvalue weighted by atomic mass is 31.1. The first-order chi connectivity index (χ1) is 13.4. The Balaban J connectivity index is 2.36. The van der Waals surface area contributed by atoms with Crippen molar-refractivity contribution in [3.05, 3.63) is 66.7 Å². The Labute approximate surface area is 170 Å². The van der Waals surface area contributed by atoms with Crippen molar-refractivity contribution in [2.75, 3.05) is 20.9 Å². The minimum absolute atomic E-state index is 0.171. The molecule has 0 aliphatic heterocycles. The van der Waals surface area contributed by atoms with Gasteiger partial charge in [0.15, 0.2) is 0 Å². The zero-order valence-corrected chi connectivity index (χ0v) is 18.5. The lowest BCUT2D eigenvalue weighted by Gasteiger charge is -2.32. The monoisotopic (exact) mass is 392 g/mol. The van der Waals surface area contributed by atoms with Crippen LogP contribution in [0.25, 0.3) is 22.3 Å². The van der Waals surface area contributed by atoms with E-state index in [1.807, 2.05) is 24.3 Å². The minimum atomic E-state index is -0.451. The van der Waals surface area contributed by atoms with E-state index in [-0.39, 0.29) is 5.16 Å². The summed E-state index contributed by atoms with van der Waals surface area (Å²) in [7, 11) is 3.02. The van der Waals surface area contributed by atoms with E-state index in [1.165, 1.54) is 16.4 Å². The van der Waals surface area contributed by atoms with E-state index in [2.05, 4.69) is 69.9 Å². The molecule has 3 rings (SSSR count). The Bertz CT molecular complexity index is 891. The van der Waals surface area contributed by atoms with Crippen molar-refractivity contribution in [1.82, 2.24) is 0 Å². The molecule has 1 atom stereocenters. The van der Waals surface area contributed by atoms with E-state index < -0.39 is 7.92 Å². The quantitative estimate of drug-likeness (QED) is 0.457. The second kappa shape index (κ2) is 8.37. The Morgan fingerprint density at radius 1 is 0.607 bits per heavy atom. The Kier molecular flexibility index (Phi) is 6.10. The standard InChI is InChI=1S/C25H29O2P/c1-25(2,3)28(6)24-20(18-12-7-9-16-22(18)26-4)14-11-15-21(24)19-13-8-10-17-23(19)27-5/h7-17H,1-6H3. The predicted molar refractivity (Wildman–Crippen MR) is 123 cm³/mol. The number of hydrogen-bond donors (Lipinski definition) is 0. The topological polar surface area (TPSA) is 18.5 Å². The molecule has 0 fully saturated rings. The van der Waals surface area contributed by atoms with Gasteiger partial charge in [-0.25, -0.2) is 0 Å². The maximum Gasteiger partial charge on any atom is 0.126 e. The van der Waals surface area contributed by atoms with Crippen LogP contribution in [-0.2, 0) is 0 Å². The van der Waals surface area contributed by atoms with Crippen molar-refractivity contribution in [3.63, 3.8) is 0 Å². The molecule has 0 spiro atoms. The van der Waals surface area contributed by atoms with Gasteiger partial charge in [0.2, 0.25) is 0 Å². The zero-order chi connectivity index (χ0) is 20.3. The Morgan fingerprint density at radius 3 is 1.39 bits per heavy atom. The van der Waals surface area contributed by atoms with Crippen LogP contribution in [0.5, 0.6) is 11.5 Å². The fraction of sp³-hybridized carbons (Fsp3) is 0.280. The van der Waals surface area contributed by atoms with Gasteiger partial charge in [-0.15, -0.1) is 0 Å². The van der Waals surface area contributed by atoms with Crippen LogP contribution in [0.1, 0.15) is 20.8 Å². The SMILES string of the molecule is COc1ccccc1-c1cccc(-c2ccccc2OC)c1P(C)C(C)(C)C. The molecule has 0 aliphatic rings. The van der Waals surface area contributed by atoms with Crippen LogP contribution in [0.3, 0.4) is 0 Å². The second-order valence-electron chi connectivity index (χ2n) is 7.83. The Morgan fingerprint density at radius 2 is 1.00 bits per heavy atom. The van der Waals surface area contributed by atoms with E-state index in [1.54, 1.807) is 14.2 Å². The molecule has 146 valence electrons. The molecular weight excluding hydrogens is 363 g/mol. The van der Waals surface area contributed by atoms with Gasteiger partial charge in [0.1, 0.15) is 11.5 Å². The summed E-state index contributed by atoms with van der Waals surface area (Å²) in [6, 6.07) is 23.1. The molecule has 0 radical (unpaired) electrons. The maximum atomic E-state index is 5.69. The molecule has 0 aromatic heterocycles. The summed E-state index contributed by atoms with van der Waals surface area (Å²) in [5.74, 6) is 1.80. The molecule has 0 heterocycles. The molecule has 0 N–H and O–H groups in total. The van der Waals surface area contributed by atoms with Crippen LogP contribution in [0.15, 0.2) is 66.7 Å². The van der Waals surface area contributed by atoms with E-state index in [0.29, 0.717) is 0 Å². The average molecular weight is 392 g/mol. The van der Waals surface area contributed by atoms with Crippen LogP contribution in [0, 0.1) is 0 Å². The number of benzene rings is 3. The van der Waals surface area contributed by atoms with Crippen LogP contribution < -0.4 is 14.8 Å². The van der Waals surface area contributed by atoms with E-state index in [9.17, 15) is 0 Å². The number of methoxy groups -OCH3 is 2. The van der Waals surface area contributed by atoms with Gasteiger partial charge in [0.25, 0.3) is 0 Å². The van der Waals surface area contributed by atoms with Crippen LogP contribution in [0.4, 0.5) is 0 Å². The highest BCUT2D eigenvalue weighted by Gasteiger charge is 2.28. The number of para-hydroxylation sites is 2. The van der Waals surface area contributed by atoms with Gasteiger partial charge < -0.3 is 9.47 Å². The van der Waals surface area contributed by atoms with E-state index in [4.69, 9.17) is 9.47 Å². The Hall–Kier alpha value is -2.31. The minimum Gasteiger partial charge on any atom is -0.496 e. The molecule has 0 saturated heterocycles.